The van der Waals surface area contributed by atoms with E-state index < -0.39 is 0 Å². The number of aromatic nitrogens is 6. The molecule has 1 N–H and O–H groups in total. The third-order valence-corrected chi connectivity index (χ3v) is 6.87. The summed E-state index contributed by atoms with van der Waals surface area (Å²) in [5, 5.41) is 18.0. The minimum absolute atomic E-state index is 0.362. The van der Waals surface area contributed by atoms with E-state index in [2.05, 4.69) is 56.6 Å². The van der Waals surface area contributed by atoms with Gasteiger partial charge in [0, 0.05) is 36.0 Å². The monoisotopic (exact) mass is 448 g/mol. The van der Waals surface area contributed by atoms with Crippen molar-refractivity contribution in [2.75, 3.05) is 25.0 Å². The Balaban J connectivity index is 1.28. The molecular weight excluding hydrogens is 420 g/mol. The summed E-state index contributed by atoms with van der Waals surface area (Å²) in [6, 6.07) is 5.96. The fourth-order valence-electron chi connectivity index (χ4n) is 3.96. The second kappa shape index (κ2) is 9.30. The molecule has 0 bridgehead atoms. The number of hydrogen-bond donors (Lipinski definition) is 1. The summed E-state index contributed by atoms with van der Waals surface area (Å²) in [6.45, 7) is 8.80. The molecule has 1 fully saturated rings. The Labute approximate surface area is 191 Å². The molecule has 166 valence electrons. The van der Waals surface area contributed by atoms with Gasteiger partial charge >= 0.3 is 0 Å². The van der Waals surface area contributed by atoms with Gasteiger partial charge in [-0.3, -0.25) is 9.67 Å². The zero-order valence-corrected chi connectivity index (χ0v) is 19.3. The van der Waals surface area contributed by atoms with Gasteiger partial charge in [-0.05, 0) is 57.1 Å². The van der Waals surface area contributed by atoms with Crippen LogP contribution in [-0.4, -0.2) is 54.5 Å². The van der Waals surface area contributed by atoms with Gasteiger partial charge in [-0.1, -0.05) is 25.2 Å². The topological polar surface area (TPSA) is 84.7 Å². The Kier molecular flexibility index (Phi) is 6.09. The predicted molar refractivity (Wildman–Crippen MR) is 128 cm³/mol. The van der Waals surface area contributed by atoms with Crippen molar-refractivity contribution in [1.82, 2.24) is 34.8 Å². The third kappa shape index (κ3) is 4.78. The van der Waals surface area contributed by atoms with Gasteiger partial charge in [0.15, 0.2) is 0 Å². The van der Waals surface area contributed by atoms with E-state index in [-0.39, 0.29) is 0 Å². The molecule has 32 heavy (non-hydrogen) atoms. The van der Waals surface area contributed by atoms with Crippen molar-refractivity contribution in [2.45, 2.75) is 45.6 Å². The molecule has 0 amide bonds. The number of anilines is 2. The maximum Gasteiger partial charge on any atom is 0.211 e. The Morgan fingerprint density at radius 3 is 2.72 bits per heavy atom. The van der Waals surface area contributed by atoms with Gasteiger partial charge in [-0.25, -0.2) is 4.98 Å². The smallest absolute Gasteiger partial charge is 0.211 e. The summed E-state index contributed by atoms with van der Waals surface area (Å²) >= 11 is 1.56. The molecule has 0 saturated carbocycles. The molecule has 0 unspecified atom stereocenters. The second-order valence-electron chi connectivity index (χ2n) is 8.58. The second-order valence-corrected chi connectivity index (χ2v) is 9.59. The summed E-state index contributed by atoms with van der Waals surface area (Å²) < 4.78 is 2.03. The quantitative estimate of drug-likeness (QED) is 0.418. The highest BCUT2D eigenvalue weighted by atomic mass is 32.1. The molecule has 4 aromatic heterocycles. The highest BCUT2D eigenvalue weighted by Gasteiger charge is 2.12. The van der Waals surface area contributed by atoms with Gasteiger partial charge in [0.1, 0.15) is 10.8 Å². The summed E-state index contributed by atoms with van der Waals surface area (Å²) in [6.07, 6.45) is 9.71. The first-order valence-electron chi connectivity index (χ1n) is 11.3. The van der Waals surface area contributed by atoms with Crippen molar-refractivity contribution in [1.29, 1.82) is 0 Å². The van der Waals surface area contributed by atoms with Gasteiger partial charge in [-0.15, -0.1) is 10.2 Å². The van der Waals surface area contributed by atoms with Crippen molar-refractivity contribution in [3.05, 3.63) is 41.8 Å². The first-order valence-corrected chi connectivity index (χ1v) is 12.1. The molecule has 1 saturated heterocycles. The maximum atomic E-state index is 4.74. The SMILES string of the molecule is CC(C)c1nnc(Nc2ccc3ncc(-c4cnn(CCCN5CCCC5)c4)cc3n2)s1. The van der Waals surface area contributed by atoms with Gasteiger partial charge < -0.3 is 10.2 Å². The predicted octanol–water partition coefficient (Wildman–Crippen LogP) is 4.70. The number of nitrogens with zero attached hydrogens (tertiary/aromatic N) is 7. The Morgan fingerprint density at radius 2 is 1.91 bits per heavy atom. The molecule has 8 nitrogen and oxygen atoms in total. The third-order valence-electron chi connectivity index (χ3n) is 5.73. The van der Waals surface area contributed by atoms with E-state index in [0.717, 1.165) is 57.6 Å². The van der Waals surface area contributed by atoms with Crippen LogP contribution in [-0.2, 0) is 6.54 Å². The molecule has 0 aromatic carbocycles. The van der Waals surface area contributed by atoms with Crippen molar-refractivity contribution >= 4 is 33.3 Å². The van der Waals surface area contributed by atoms with Crippen molar-refractivity contribution < 1.29 is 0 Å². The standard InChI is InChI=1S/C23H28N8S/c1-16(2)22-28-29-23(32-22)27-21-7-6-19-20(26-21)12-17(13-24-19)18-14-25-31(15-18)11-5-10-30-8-3-4-9-30/h6-7,12-16H,3-5,8-11H2,1-2H3,(H,26,27,29). The van der Waals surface area contributed by atoms with E-state index in [1.165, 1.54) is 25.9 Å². The zero-order chi connectivity index (χ0) is 21.9. The highest BCUT2D eigenvalue weighted by molar-refractivity contribution is 7.15. The van der Waals surface area contributed by atoms with E-state index in [0.29, 0.717) is 5.92 Å². The van der Waals surface area contributed by atoms with Crippen LogP contribution in [0.1, 0.15) is 44.0 Å². The molecule has 1 aliphatic heterocycles. The minimum Gasteiger partial charge on any atom is -0.315 e. The van der Waals surface area contributed by atoms with Crippen LogP contribution in [0.25, 0.3) is 22.2 Å². The van der Waals surface area contributed by atoms with E-state index in [9.17, 15) is 0 Å². The first kappa shape index (κ1) is 21.0. The molecule has 1 aliphatic rings. The average molecular weight is 449 g/mol. The Hall–Kier alpha value is -2.91. The lowest BCUT2D eigenvalue weighted by molar-refractivity contribution is 0.322. The average Bonchev–Trinajstić information content (AvgIpc) is 3.56. The number of nitrogens with one attached hydrogen (secondary N) is 1. The van der Waals surface area contributed by atoms with E-state index in [1.54, 1.807) is 11.3 Å². The molecule has 4 aromatic rings. The fourth-order valence-corrected chi connectivity index (χ4v) is 4.71. The summed E-state index contributed by atoms with van der Waals surface area (Å²) in [5.74, 6) is 1.10. The molecule has 5 rings (SSSR count). The van der Waals surface area contributed by atoms with E-state index in [1.807, 2.05) is 29.2 Å². The van der Waals surface area contributed by atoms with Crippen LogP contribution in [0.4, 0.5) is 10.9 Å². The molecule has 0 radical (unpaired) electrons. The zero-order valence-electron chi connectivity index (χ0n) is 18.5. The normalized spacial score (nSPS) is 14.6. The van der Waals surface area contributed by atoms with Gasteiger partial charge in [0.05, 0.1) is 17.2 Å². The number of aryl methyl sites for hydroxylation is 1. The number of likely N-dealkylation sites (tertiary alicyclic amines) is 1. The van der Waals surface area contributed by atoms with E-state index >= 15 is 0 Å². The Bertz CT molecular complexity index is 1190. The number of rotatable bonds is 8. The Morgan fingerprint density at radius 1 is 1.03 bits per heavy atom. The van der Waals surface area contributed by atoms with Crippen LogP contribution in [0.3, 0.4) is 0 Å². The molecule has 5 heterocycles. The number of pyridine rings is 2. The van der Waals surface area contributed by atoms with Crippen molar-refractivity contribution in [3.63, 3.8) is 0 Å². The first-order chi connectivity index (χ1) is 15.6. The van der Waals surface area contributed by atoms with Crippen LogP contribution in [0.15, 0.2) is 36.8 Å². The maximum absolute atomic E-state index is 4.74. The van der Waals surface area contributed by atoms with Crippen LogP contribution < -0.4 is 5.32 Å². The summed E-state index contributed by atoms with van der Waals surface area (Å²) in [7, 11) is 0. The van der Waals surface area contributed by atoms with Gasteiger partial charge in [-0.2, -0.15) is 5.10 Å². The van der Waals surface area contributed by atoms with Crippen molar-refractivity contribution in [2.24, 2.45) is 0 Å². The van der Waals surface area contributed by atoms with E-state index in [4.69, 9.17) is 4.98 Å². The molecule has 0 atom stereocenters. The summed E-state index contributed by atoms with van der Waals surface area (Å²) in [5.41, 5.74) is 3.78. The number of fused-ring (bicyclic) bond motifs is 1. The molecular formula is C23H28N8S. The fraction of sp³-hybridized carbons (Fsp3) is 0.435. The van der Waals surface area contributed by atoms with Crippen LogP contribution in [0.5, 0.6) is 0 Å². The molecule has 9 heteroatoms. The van der Waals surface area contributed by atoms with Gasteiger partial charge in [0.2, 0.25) is 5.13 Å². The lowest BCUT2D eigenvalue weighted by Gasteiger charge is -2.13. The van der Waals surface area contributed by atoms with Crippen molar-refractivity contribution in [3.8, 4) is 11.1 Å². The number of hydrogen-bond acceptors (Lipinski definition) is 8. The van der Waals surface area contributed by atoms with Crippen LogP contribution in [0.2, 0.25) is 0 Å². The largest absolute Gasteiger partial charge is 0.315 e. The molecule has 0 aliphatic carbocycles. The summed E-state index contributed by atoms with van der Waals surface area (Å²) in [4.78, 5) is 11.9. The van der Waals surface area contributed by atoms with Gasteiger partial charge in [0.25, 0.3) is 0 Å². The highest BCUT2D eigenvalue weighted by Crippen LogP contribution is 2.26. The van der Waals surface area contributed by atoms with Crippen LogP contribution in [0, 0.1) is 0 Å². The van der Waals surface area contributed by atoms with Crippen LogP contribution >= 0.6 is 11.3 Å². The lowest BCUT2D eigenvalue weighted by atomic mass is 10.1. The lowest BCUT2D eigenvalue weighted by Crippen LogP contribution is -2.21. The minimum atomic E-state index is 0.362. The molecule has 0 spiro atoms.